The van der Waals surface area contributed by atoms with E-state index in [9.17, 15) is 24.2 Å². The van der Waals surface area contributed by atoms with Gasteiger partial charge in [0.05, 0.1) is 33.9 Å². The molecule has 0 aliphatic rings. The van der Waals surface area contributed by atoms with Crippen LogP contribution in [0.1, 0.15) is 162 Å². The highest BCUT2D eigenvalue weighted by Crippen LogP contribution is 2.43. The molecule has 0 aromatic heterocycles. The molecule has 3 atom stereocenters. The molecule has 0 aliphatic carbocycles. The lowest BCUT2D eigenvalue weighted by Gasteiger charge is -2.24. The molecule has 10 nitrogen and oxygen atoms in total. The first kappa shape index (κ1) is 52.9. The molecular weight excluding hydrogens is 717 g/mol. The van der Waals surface area contributed by atoms with E-state index in [1.165, 1.54) is 57.8 Å². The molecule has 0 rings (SSSR count). The number of esters is 2. The van der Waals surface area contributed by atoms with Gasteiger partial charge in [-0.15, -0.1) is 0 Å². The average Bonchev–Trinajstić information content (AvgIpc) is 3.12. The van der Waals surface area contributed by atoms with Crippen LogP contribution in [0.5, 0.6) is 0 Å². The molecule has 0 aromatic rings. The third kappa shape index (κ3) is 39.9. The highest BCUT2D eigenvalue weighted by atomic mass is 31.2. The Labute approximate surface area is 336 Å². The summed E-state index contributed by atoms with van der Waals surface area (Å²) in [5.74, 6) is -0.891. The zero-order valence-corrected chi connectivity index (χ0v) is 36.4. The Morgan fingerprint density at radius 2 is 1.20 bits per heavy atom. The van der Waals surface area contributed by atoms with Gasteiger partial charge in [0.2, 0.25) is 0 Å². The number of hydrogen-bond acceptors (Lipinski definition) is 8. The summed E-state index contributed by atoms with van der Waals surface area (Å²) in [6.45, 7) is 4.21. The summed E-state index contributed by atoms with van der Waals surface area (Å²) in [5.41, 5.74) is 0. The molecule has 55 heavy (non-hydrogen) atoms. The van der Waals surface area contributed by atoms with Gasteiger partial charge >= 0.3 is 19.8 Å². The monoisotopic (exact) mass is 799 g/mol. The number of likely N-dealkylation sites (N-methyl/N-ethyl adjacent to an activating group) is 1. The minimum atomic E-state index is -4.39. The number of ether oxygens (including phenoxy) is 2. The minimum Gasteiger partial charge on any atom is -0.462 e. The van der Waals surface area contributed by atoms with Crippen molar-refractivity contribution in [2.75, 3.05) is 47.5 Å². The number of phosphoric ester groups is 1. The number of rotatable bonds is 38. The second-order valence-corrected chi connectivity index (χ2v) is 17.0. The van der Waals surface area contributed by atoms with Crippen LogP contribution in [0.4, 0.5) is 0 Å². The first-order chi connectivity index (χ1) is 26.4. The molecule has 0 amide bonds. The van der Waals surface area contributed by atoms with Gasteiger partial charge in [-0.05, 0) is 38.5 Å². The van der Waals surface area contributed by atoms with E-state index in [2.05, 4.69) is 32.1 Å². The highest BCUT2D eigenvalue weighted by Gasteiger charge is 2.27. The molecule has 2 N–H and O–H groups in total. The van der Waals surface area contributed by atoms with Crippen LogP contribution in [0.2, 0.25) is 0 Å². The Bertz CT molecular complexity index is 1100. The minimum absolute atomic E-state index is 0.0153. The summed E-state index contributed by atoms with van der Waals surface area (Å²) in [4.78, 5) is 35.3. The molecular formula is C44H81NO9P+. The summed E-state index contributed by atoms with van der Waals surface area (Å²) in [6.07, 6.45) is 37.7. The van der Waals surface area contributed by atoms with E-state index >= 15 is 0 Å². The number of carbonyl (C=O) groups excluding carboxylic acids is 2. The topological polar surface area (TPSA) is 129 Å². The maximum absolute atomic E-state index is 12.7. The van der Waals surface area contributed by atoms with Crippen molar-refractivity contribution in [2.24, 2.45) is 0 Å². The molecule has 0 radical (unpaired) electrons. The maximum Gasteiger partial charge on any atom is 0.472 e. The maximum atomic E-state index is 12.7. The Morgan fingerprint density at radius 1 is 0.655 bits per heavy atom. The molecule has 0 saturated heterocycles. The van der Waals surface area contributed by atoms with E-state index in [1.54, 1.807) is 0 Å². The Morgan fingerprint density at radius 3 is 1.82 bits per heavy atom. The van der Waals surface area contributed by atoms with Crippen molar-refractivity contribution in [3.05, 3.63) is 48.6 Å². The van der Waals surface area contributed by atoms with E-state index in [0.717, 1.165) is 57.8 Å². The molecule has 0 heterocycles. The standard InChI is InChI=1S/C44H80NO9P/c1-6-8-10-11-12-13-14-15-18-22-25-28-32-36-44(48)54-42(40-53-55(49,50)52-38-37-45(3,4)5)39-51-43(47)35-31-27-24-21-19-16-17-20-23-26-30-34-41(46)33-29-9-7-2/h16-17,21,23-24,26,30,34,41-42,46H,6-15,18-20,22,25,27-29,31-33,35-40H2,1-5H3/p+1/b17-16-,24-21-,26-23-,34-30+/t41-,42-/m1/s1. The number of hydrogen-bond donors (Lipinski definition) is 2. The number of aliphatic hydroxyl groups is 1. The summed E-state index contributed by atoms with van der Waals surface area (Å²) < 4.78 is 34.2. The second-order valence-electron chi connectivity index (χ2n) is 15.6. The molecule has 11 heteroatoms. The zero-order chi connectivity index (χ0) is 40.9. The molecule has 0 bridgehead atoms. The Balaban J connectivity index is 4.51. The van der Waals surface area contributed by atoms with E-state index in [0.29, 0.717) is 30.3 Å². The number of nitrogens with zero attached hydrogens (tertiary/aromatic N) is 1. The number of carbonyl (C=O) groups is 2. The fourth-order valence-corrected chi connectivity index (χ4v) is 6.27. The summed E-state index contributed by atoms with van der Waals surface area (Å²) in [5, 5.41) is 9.90. The number of allylic oxidation sites excluding steroid dienone is 7. The second kappa shape index (κ2) is 36.3. The van der Waals surface area contributed by atoms with Crippen molar-refractivity contribution in [1.82, 2.24) is 0 Å². The SMILES string of the molecule is CCCCCCCCCCCCCCCC(=O)O[C@H](COC(=O)CCC/C=C\C/C=C\C/C=C\C=C\[C@H](O)CCCCC)COP(=O)(O)OCC[N+](C)(C)C. The van der Waals surface area contributed by atoms with Crippen LogP contribution in [0.25, 0.3) is 0 Å². The first-order valence-electron chi connectivity index (χ1n) is 21.5. The number of phosphoric acid groups is 1. The highest BCUT2D eigenvalue weighted by molar-refractivity contribution is 7.47. The fourth-order valence-electron chi connectivity index (χ4n) is 5.53. The van der Waals surface area contributed by atoms with Crippen molar-refractivity contribution in [3.63, 3.8) is 0 Å². The quantitative estimate of drug-likeness (QED) is 0.0157. The van der Waals surface area contributed by atoms with Crippen LogP contribution < -0.4 is 0 Å². The zero-order valence-electron chi connectivity index (χ0n) is 35.5. The summed E-state index contributed by atoms with van der Waals surface area (Å²) in [7, 11) is 1.42. The van der Waals surface area contributed by atoms with Crippen LogP contribution in [0.3, 0.4) is 0 Å². The molecule has 1 unspecified atom stereocenters. The third-order valence-electron chi connectivity index (χ3n) is 8.97. The van der Waals surface area contributed by atoms with Crippen molar-refractivity contribution >= 4 is 19.8 Å². The van der Waals surface area contributed by atoms with E-state index < -0.39 is 32.5 Å². The van der Waals surface area contributed by atoms with Crippen molar-refractivity contribution < 1.29 is 47.2 Å². The van der Waals surface area contributed by atoms with Gasteiger partial charge in [0, 0.05) is 12.8 Å². The number of aliphatic hydroxyl groups excluding tert-OH is 1. The van der Waals surface area contributed by atoms with Gasteiger partial charge < -0.3 is 24.0 Å². The lowest BCUT2D eigenvalue weighted by atomic mass is 10.0. The molecule has 0 spiro atoms. The first-order valence-corrected chi connectivity index (χ1v) is 23.0. The van der Waals surface area contributed by atoms with Crippen molar-refractivity contribution in [3.8, 4) is 0 Å². The molecule has 0 saturated carbocycles. The van der Waals surface area contributed by atoms with Gasteiger partial charge in [0.1, 0.15) is 19.8 Å². The van der Waals surface area contributed by atoms with Gasteiger partial charge in [-0.2, -0.15) is 0 Å². The van der Waals surface area contributed by atoms with Gasteiger partial charge in [-0.1, -0.05) is 159 Å². The Hall–Kier alpha value is -2.07. The van der Waals surface area contributed by atoms with E-state index in [1.807, 2.05) is 51.5 Å². The molecule has 0 aromatic carbocycles. The van der Waals surface area contributed by atoms with Crippen LogP contribution in [0.15, 0.2) is 48.6 Å². The lowest BCUT2D eigenvalue weighted by molar-refractivity contribution is -0.870. The number of quaternary nitrogens is 1. The molecule has 0 aliphatic heterocycles. The van der Waals surface area contributed by atoms with Gasteiger partial charge in [-0.25, -0.2) is 4.57 Å². The Kier molecular flexibility index (Phi) is 34.9. The predicted molar refractivity (Wildman–Crippen MR) is 226 cm³/mol. The van der Waals surface area contributed by atoms with Crippen molar-refractivity contribution in [1.29, 1.82) is 0 Å². The summed E-state index contributed by atoms with van der Waals surface area (Å²) in [6, 6.07) is 0. The van der Waals surface area contributed by atoms with Gasteiger partial charge in [0.25, 0.3) is 0 Å². The predicted octanol–water partition coefficient (Wildman–Crippen LogP) is 10.9. The molecule has 0 fully saturated rings. The summed E-state index contributed by atoms with van der Waals surface area (Å²) >= 11 is 0. The van der Waals surface area contributed by atoms with Crippen molar-refractivity contribution in [2.45, 2.75) is 174 Å². The van der Waals surface area contributed by atoms with Gasteiger partial charge in [-0.3, -0.25) is 18.6 Å². The van der Waals surface area contributed by atoms with Crippen LogP contribution in [-0.4, -0.2) is 86.1 Å². The van der Waals surface area contributed by atoms with E-state index in [4.69, 9.17) is 18.5 Å². The van der Waals surface area contributed by atoms with Gasteiger partial charge in [0.15, 0.2) is 6.10 Å². The van der Waals surface area contributed by atoms with E-state index in [-0.39, 0.29) is 32.2 Å². The fraction of sp³-hybridized carbons (Fsp3) is 0.773. The third-order valence-corrected chi connectivity index (χ3v) is 9.95. The van der Waals surface area contributed by atoms with Crippen LogP contribution in [-0.2, 0) is 32.7 Å². The van der Waals surface area contributed by atoms with Crippen LogP contribution in [0, 0.1) is 0 Å². The molecule has 320 valence electrons. The number of unbranched alkanes of at least 4 members (excludes halogenated alkanes) is 15. The largest absolute Gasteiger partial charge is 0.472 e. The normalized spacial score (nSPS) is 14.7. The lowest BCUT2D eigenvalue weighted by Crippen LogP contribution is -2.37. The van der Waals surface area contributed by atoms with Crippen LogP contribution >= 0.6 is 7.82 Å². The smallest absolute Gasteiger partial charge is 0.462 e. The average molecular weight is 799 g/mol.